The van der Waals surface area contributed by atoms with Crippen LogP contribution in [-0.2, 0) is 17.6 Å². The lowest BCUT2D eigenvalue weighted by molar-refractivity contribution is -0.116. The fourth-order valence-corrected chi connectivity index (χ4v) is 3.63. The number of carbonyl (C=O) groups is 1. The zero-order chi connectivity index (χ0) is 19.1. The molecule has 0 saturated heterocycles. The Kier molecular flexibility index (Phi) is 6.76. The van der Waals surface area contributed by atoms with E-state index in [1.54, 1.807) is 0 Å². The fourth-order valence-electron chi connectivity index (χ4n) is 3.63. The Balaban J connectivity index is 1.78. The molecule has 1 aliphatic rings. The van der Waals surface area contributed by atoms with Crippen molar-refractivity contribution in [1.29, 1.82) is 0 Å². The lowest BCUT2D eigenvalue weighted by Gasteiger charge is -2.12. The molecule has 1 aromatic carbocycles. The number of rotatable bonds is 7. The number of aromatic amines is 1. The van der Waals surface area contributed by atoms with Crippen LogP contribution in [0, 0.1) is 0 Å². The summed E-state index contributed by atoms with van der Waals surface area (Å²) in [4.78, 5) is 24.3. The minimum absolute atomic E-state index is 0.0245. The van der Waals surface area contributed by atoms with Crippen molar-refractivity contribution in [3.63, 3.8) is 0 Å². The highest BCUT2D eigenvalue weighted by Crippen LogP contribution is 2.28. The van der Waals surface area contributed by atoms with Crippen LogP contribution in [-0.4, -0.2) is 29.7 Å². The number of anilines is 1. The maximum absolute atomic E-state index is 12.2. The molecule has 6 nitrogen and oxygen atoms in total. The molecule has 0 unspecified atom stereocenters. The zero-order valence-electron chi connectivity index (χ0n) is 15.9. The Hall–Kier alpha value is -2.47. The van der Waals surface area contributed by atoms with Crippen LogP contribution in [0.5, 0.6) is 0 Å². The first-order chi connectivity index (χ1) is 13.2. The van der Waals surface area contributed by atoms with E-state index in [2.05, 4.69) is 20.8 Å². The summed E-state index contributed by atoms with van der Waals surface area (Å²) < 4.78 is 0. The van der Waals surface area contributed by atoms with Crippen molar-refractivity contribution in [3.8, 4) is 11.3 Å². The van der Waals surface area contributed by atoms with Crippen LogP contribution >= 0.6 is 0 Å². The number of hydrogen-bond acceptors (Lipinski definition) is 4. The van der Waals surface area contributed by atoms with E-state index in [4.69, 9.17) is 0 Å². The summed E-state index contributed by atoms with van der Waals surface area (Å²) in [5.41, 5.74) is 4.39. The standard InChI is InChI=1S/C21H28N4O2/c1-22-13-6-5-12-19(26)23-16-9-7-8-15(14-16)20-17-10-3-2-4-11-18(17)21(27)25-24-20/h7-9,14,22H,2-6,10-13H2,1H3,(H,23,26)(H,25,27). The van der Waals surface area contributed by atoms with Gasteiger partial charge in [-0.3, -0.25) is 9.59 Å². The van der Waals surface area contributed by atoms with Crippen LogP contribution in [0.2, 0.25) is 0 Å². The molecule has 0 saturated carbocycles. The molecular formula is C21H28N4O2. The summed E-state index contributed by atoms with van der Waals surface area (Å²) in [5.74, 6) is 0.0245. The number of unbranched alkanes of at least 4 members (excludes halogenated alkanes) is 1. The van der Waals surface area contributed by atoms with Crippen molar-refractivity contribution in [3.05, 3.63) is 45.7 Å². The summed E-state index contributed by atoms with van der Waals surface area (Å²) in [7, 11) is 1.91. The highest BCUT2D eigenvalue weighted by Gasteiger charge is 2.18. The Bertz CT molecular complexity index is 844. The summed E-state index contributed by atoms with van der Waals surface area (Å²) >= 11 is 0. The molecule has 1 amide bonds. The zero-order valence-corrected chi connectivity index (χ0v) is 15.9. The van der Waals surface area contributed by atoms with Crippen LogP contribution in [0.3, 0.4) is 0 Å². The maximum Gasteiger partial charge on any atom is 0.267 e. The van der Waals surface area contributed by atoms with Gasteiger partial charge in [0.2, 0.25) is 5.91 Å². The van der Waals surface area contributed by atoms with E-state index in [0.717, 1.165) is 79.6 Å². The van der Waals surface area contributed by atoms with Crippen LogP contribution in [0.4, 0.5) is 5.69 Å². The van der Waals surface area contributed by atoms with Crippen molar-refractivity contribution in [1.82, 2.24) is 15.5 Å². The van der Waals surface area contributed by atoms with Crippen LogP contribution in [0.15, 0.2) is 29.1 Å². The number of aromatic nitrogens is 2. The maximum atomic E-state index is 12.2. The van der Waals surface area contributed by atoms with E-state index in [1.807, 2.05) is 31.3 Å². The molecule has 3 N–H and O–H groups in total. The molecular weight excluding hydrogens is 340 g/mol. The minimum atomic E-state index is -0.0679. The van der Waals surface area contributed by atoms with Crippen LogP contribution < -0.4 is 16.2 Å². The van der Waals surface area contributed by atoms with E-state index in [9.17, 15) is 9.59 Å². The van der Waals surface area contributed by atoms with Crippen molar-refractivity contribution < 1.29 is 4.79 Å². The third-order valence-electron chi connectivity index (χ3n) is 5.05. The molecule has 0 atom stereocenters. The molecule has 1 heterocycles. The predicted molar refractivity (Wildman–Crippen MR) is 108 cm³/mol. The third kappa shape index (κ3) is 5.04. The molecule has 1 aromatic heterocycles. The summed E-state index contributed by atoms with van der Waals surface area (Å²) in [6, 6.07) is 7.73. The largest absolute Gasteiger partial charge is 0.326 e. The molecule has 0 aliphatic heterocycles. The molecule has 0 spiro atoms. The third-order valence-corrected chi connectivity index (χ3v) is 5.05. The van der Waals surface area contributed by atoms with Gasteiger partial charge in [-0.25, -0.2) is 5.10 Å². The normalized spacial score (nSPS) is 13.7. The first-order valence-electron chi connectivity index (χ1n) is 9.84. The highest BCUT2D eigenvalue weighted by molar-refractivity contribution is 5.91. The molecule has 2 aromatic rings. The van der Waals surface area contributed by atoms with Gasteiger partial charge < -0.3 is 10.6 Å². The molecule has 1 aliphatic carbocycles. The van der Waals surface area contributed by atoms with Crippen molar-refractivity contribution in [2.75, 3.05) is 18.9 Å². The van der Waals surface area contributed by atoms with Crippen molar-refractivity contribution >= 4 is 11.6 Å². The molecule has 27 heavy (non-hydrogen) atoms. The number of carbonyl (C=O) groups excluding carboxylic acids is 1. The summed E-state index contributed by atoms with van der Waals surface area (Å²) in [6.45, 7) is 0.922. The number of amides is 1. The van der Waals surface area contributed by atoms with Crippen LogP contribution in [0.25, 0.3) is 11.3 Å². The second-order valence-corrected chi connectivity index (χ2v) is 7.11. The number of benzene rings is 1. The number of H-pyrrole nitrogens is 1. The number of fused-ring (bicyclic) bond motifs is 1. The number of nitrogens with zero attached hydrogens (tertiary/aromatic N) is 1. The van der Waals surface area contributed by atoms with E-state index in [-0.39, 0.29) is 11.5 Å². The van der Waals surface area contributed by atoms with Gasteiger partial charge in [-0.1, -0.05) is 18.6 Å². The molecule has 0 fully saturated rings. The second kappa shape index (κ2) is 9.46. The van der Waals surface area contributed by atoms with E-state index in [0.29, 0.717) is 6.42 Å². The lowest BCUT2D eigenvalue weighted by atomic mass is 9.98. The van der Waals surface area contributed by atoms with Gasteiger partial charge in [0.25, 0.3) is 5.56 Å². The predicted octanol–water partition coefficient (Wildman–Crippen LogP) is 3.03. The summed E-state index contributed by atoms with van der Waals surface area (Å²) in [5, 5.41) is 13.1. The fraction of sp³-hybridized carbons (Fsp3) is 0.476. The van der Waals surface area contributed by atoms with Crippen LogP contribution in [0.1, 0.15) is 49.7 Å². The van der Waals surface area contributed by atoms with Gasteiger partial charge >= 0.3 is 0 Å². The van der Waals surface area contributed by atoms with Crippen molar-refractivity contribution in [2.45, 2.75) is 51.4 Å². The van der Waals surface area contributed by atoms with Gasteiger partial charge in [-0.15, -0.1) is 0 Å². The van der Waals surface area contributed by atoms with Crippen molar-refractivity contribution in [2.24, 2.45) is 0 Å². The summed E-state index contributed by atoms with van der Waals surface area (Å²) in [6.07, 6.45) is 7.30. The molecule has 3 rings (SSSR count). The van der Waals surface area contributed by atoms with E-state index in [1.165, 1.54) is 0 Å². The number of nitrogens with one attached hydrogen (secondary N) is 3. The van der Waals surface area contributed by atoms with Gasteiger partial charge in [0.05, 0.1) is 5.69 Å². The molecule has 0 radical (unpaired) electrons. The Morgan fingerprint density at radius 2 is 1.96 bits per heavy atom. The quantitative estimate of drug-likeness (QED) is 0.518. The molecule has 6 heteroatoms. The molecule has 144 valence electrons. The first-order valence-corrected chi connectivity index (χ1v) is 9.84. The monoisotopic (exact) mass is 368 g/mol. The van der Waals surface area contributed by atoms with Gasteiger partial charge in [0.15, 0.2) is 0 Å². The topological polar surface area (TPSA) is 86.9 Å². The van der Waals surface area contributed by atoms with Gasteiger partial charge in [0, 0.05) is 23.2 Å². The Morgan fingerprint density at radius 1 is 1.15 bits per heavy atom. The Morgan fingerprint density at radius 3 is 2.78 bits per heavy atom. The van der Waals surface area contributed by atoms with E-state index >= 15 is 0 Å². The smallest absolute Gasteiger partial charge is 0.267 e. The average Bonchev–Trinajstić information content (AvgIpc) is 2.93. The first kappa shape index (κ1) is 19.3. The average molecular weight is 368 g/mol. The van der Waals surface area contributed by atoms with Gasteiger partial charge in [-0.2, -0.15) is 5.10 Å². The SMILES string of the molecule is CNCCCCC(=O)Nc1cccc(-c2n[nH]c(=O)c3c2CCCCC3)c1. The lowest BCUT2D eigenvalue weighted by Crippen LogP contribution is -2.18. The highest BCUT2D eigenvalue weighted by atomic mass is 16.1. The number of hydrogen-bond donors (Lipinski definition) is 3. The second-order valence-electron chi connectivity index (χ2n) is 7.11. The van der Waals surface area contributed by atoms with Gasteiger partial charge in [0.1, 0.15) is 0 Å². The van der Waals surface area contributed by atoms with Gasteiger partial charge in [-0.05, 0) is 69.8 Å². The molecule has 0 bridgehead atoms. The Labute approximate surface area is 159 Å². The minimum Gasteiger partial charge on any atom is -0.326 e. The van der Waals surface area contributed by atoms with E-state index < -0.39 is 0 Å².